The van der Waals surface area contributed by atoms with Crippen molar-refractivity contribution < 1.29 is 9.47 Å². The number of benzene rings is 1. The molecule has 1 heterocycles. The second-order valence-electron chi connectivity index (χ2n) is 6.73. The minimum atomic E-state index is 0.526. The fraction of sp³-hybridized carbons (Fsp3) is 0.650. The van der Waals surface area contributed by atoms with Gasteiger partial charge in [0.1, 0.15) is 5.75 Å². The standard InChI is InChI=1S/C20H34N4O2/c1-4-21-20(22-10-9-18-7-5-6-8-19(18)25-3)23-15-17(2)16-24-11-13-26-14-12-24/h5-8,17H,4,9-16H2,1-3H3,(H2,21,22,23). The summed E-state index contributed by atoms with van der Waals surface area (Å²) < 4.78 is 10.8. The first-order chi connectivity index (χ1) is 12.7. The van der Waals surface area contributed by atoms with Crippen molar-refractivity contribution in [3.05, 3.63) is 29.8 Å². The summed E-state index contributed by atoms with van der Waals surface area (Å²) >= 11 is 0. The molecule has 0 aliphatic carbocycles. The summed E-state index contributed by atoms with van der Waals surface area (Å²) in [5.74, 6) is 2.35. The van der Waals surface area contributed by atoms with Gasteiger partial charge < -0.3 is 20.1 Å². The van der Waals surface area contributed by atoms with E-state index in [9.17, 15) is 0 Å². The summed E-state index contributed by atoms with van der Waals surface area (Å²) in [7, 11) is 1.72. The van der Waals surface area contributed by atoms with E-state index < -0.39 is 0 Å². The number of para-hydroxylation sites is 1. The summed E-state index contributed by atoms with van der Waals surface area (Å²) in [5.41, 5.74) is 1.21. The lowest BCUT2D eigenvalue weighted by molar-refractivity contribution is 0.0323. The van der Waals surface area contributed by atoms with Gasteiger partial charge in [-0.3, -0.25) is 9.89 Å². The lowest BCUT2D eigenvalue weighted by Crippen LogP contribution is -2.40. The van der Waals surface area contributed by atoms with Crippen LogP contribution in [0.2, 0.25) is 0 Å². The van der Waals surface area contributed by atoms with Gasteiger partial charge in [-0.15, -0.1) is 0 Å². The largest absolute Gasteiger partial charge is 0.496 e. The Morgan fingerprint density at radius 3 is 2.77 bits per heavy atom. The number of methoxy groups -OCH3 is 1. The van der Waals surface area contributed by atoms with E-state index in [1.807, 2.05) is 18.2 Å². The van der Waals surface area contributed by atoms with Crippen molar-refractivity contribution in [1.82, 2.24) is 15.5 Å². The number of hydrogen-bond acceptors (Lipinski definition) is 4. The van der Waals surface area contributed by atoms with E-state index in [1.165, 1.54) is 5.56 Å². The van der Waals surface area contributed by atoms with Crippen molar-refractivity contribution in [1.29, 1.82) is 0 Å². The summed E-state index contributed by atoms with van der Waals surface area (Å²) in [6.45, 7) is 11.7. The van der Waals surface area contributed by atoms with Crippen LogP contribution >= 0.6 is 0 Å². The Morgan fingerprint density at radius 2 is 2.04 bits per heavy atom. The van der Waals surface area contributed by atoms with E-state index in [-0.39, 0.29) is 0 Å². The van der Waals surface area contributed by atoms with Gasteiger partial charge in [0, 0.05) is 39.3 Å². The van der Waals surface area contributed by atoms with Gasteiger partial charge in [0.2, 0.25) is 0 Å². The first kappa shape index (κ1) is 20.5. The molecule has 2 rings (SSSR count). The SMILES string of the molecule is CCNC(=NCC(C)CN1CCOCC1)NCCc1ccccc1OC. The molecule has 0 saturated carbocycles. The molecule has 1 aromatic rings. The third-order valence-electron chi connectivity index (χ3n) is 4.46. The third-order valence-corrected chi connectivity index (χ3v) is 4.46. The van der Waals surface area contributed by atoms with Gasteiger partial charge in [0.05, 0.1) is 20.3 Å². The van der Waals surface area contributed by atoms with Gasteiger partial charge in [0.15, 0.2) is 5.96 Å². The van der Waals surface area contributed by atoms with Crippen molar-refractivity contribution in [2.24, 2.45) is 10.9 Å². The van der Waals surface area contributed by atoms with Crippen LogP contribution in [-0.4, -0.2) is 70.5 Å². The molecule has 1 aliphatic rings. The molecule has 1 aromatic carbocycles. The molecule has 1 aliphatic heterocycles. The van der Waals surface area contributed by atoms with Crippen LogP contribution in [0, 0.1) is 5.92 Å². The minimum absolute atomic E-state index is 0.526. The number of guanidine groups is 1. The average Bonchev–Trinajstić information content (AvgIpc) is 2.67. The maximum absolute atomic E-state index is 5.41. The monoisotopic (exact) mass is 362 g/mol. The molecule has 26 heavy (non-hydrogen) atoms. The number of nitrogens with one attached hydrogen (secondary N) is 2. The van der Waals surface area contributed by atoms with Gasteiger partial charge in [0.25, 0.3) is 0 Å². The Labute approximate surface area is 158 Å². The summed E-state index contributed by atoms with van der Waals surface area (Å²) in [5, 5.41) is 6.76. The molecular formula is C20H34N4O2. The van der Waals surface area contributed by atoms with Crippen LogP contribution in [0.15, 0.2) is 29.3 Å². The zero-order chi connectivity index (χ0) is 18.6. The highest BCUT2D eigenvalue weighted by atomic mass is 16.5. The predicted molar refractivity (Wildman–Crippen MR) is 107 cm³/mol. The summed E-state index contributed by atoms with van der Waals surface area (Å²) in [4.78, 5) is 7.22. The highest BCUT2D eigenvalue weighted by molar-refractivity contribution is 5.79. The second kappa shape index (κ2) is 11.8. The fourth-order valence-electron chi connectivity index (χ4n) is 3.10. The molecule has 1 saturated heterocycles. The van der Waals surface area contributed by atoms with Gasteiger partial charge >= 0.3 is 0 Å². The zero-order valence-electron chi connectivity index (χ0n) is 16.5. The number of morpholine rings is 1. The molecule has 1 atom stereocenters. The quantitative estimate of drug-likeness (QED) is 0.518. The Balaban J connectivity index is 1.78. The van der Waals surface area contributed by atoms with Crippen LogP contribution in [0.3, 0.4) is 0 Å². The van der Waals surface area contributed by atoms with Gasteiger partial charge in [-0.05, 0) is 30.9 Å². The molecule has 6 heteroatoms. The number of ether oxygens (including phenoxy) is 2. The van der Waals surface area contributed by atoms with E-state index >= 15 is 0 Å². The van der Waals surface area contributed by atoms with Crippen LogP contribution < -0.4 is 15.4 Å². The van der Waals surface area contributed by atoms with Crippen molar-refractivity contribution in [3.8, 4) is 5.75 Å². The molecular weight excluding hydrogens is 328 g/mol. The highest BCUT2D eigenvalue weighted by Crippen LogP contribution is 2.17. The minimum Gasteiger partial charge on any atom is -0.496 e. The van der Waals surface area contributed by atoms with E-state index in [4.69, 9.17) is 14.5 Å². The molecule has 0 radical (unpaired) electrons. The molecule has 1 unspecified atom stereocenters. The zero-order valence-corrected chi connectivity index (χ0v) is 16.5. The maximum Gasteiger partial charge on any atom is 0.191 e. The van der Waals surface area contributed by atoms with Crippen molar-refractivity contribution in [3.63, 3.8) is 0 Å². The normalized spacial score (nSPS) is 17.0. The second-order valence-corrected chi connectivity index (χ2v) is 6.73. The van der Waals surface area contributed by atoms with Crippen molar-refractivity contribution >= 4 is 5.96 Å². The molecule has 146 valence electrons. The highest BCUT2D eigenvalue weighted by Gasteiger charge is 2.13. The average molecular weight is 363 g/mol. The molecule has 0 aromatic heterocycles. The Kier molecular flexibility index (Phi) is 9.28. The first-order valence-corrected chi connectivity index (χ1v) is 9.67. The van der Waals surface area contributed by atoms with Crippen LogP contribution in [0.4, 0.5) is 0 Å². The predicted octanol–water partition coefficient (Wildman–Crippen LogP) is 1.76. The Hall–Kier alpha value is -1.79. The number of nitrogens with zero attached hydrogens (tertiary/aromatic N) is 2. The summed E-state index contributed by atoms with van der Waals surface area (Å²) in [6.07, 6.45) is 0.901. The van der Waals surface area contributed by atoms with Gasteiger partial charge in [-0.1, -0.05) is 25.1 Å². The Bertz CT molecular complexity index is 544. The molecule has 6 nitrogen and oxygen atoms in total. The van der Waals surface area contributed by atoms with Crippen LogP contribution in [-0.2, 0) is 11.2 Å². The topological polar surface area (TPSA) is 58.1 Å². The molecule has 0 spiro atoms. The van der Waals surface area contributed by atoms with Crippen LogP contribution in [0.1, 0.15) is 19.4 Å². The molecule has 2 N–H and O–H groups in total. The Morgan fingerprint density at radius 1 is 1.27 bits per heavy atom. The molecule has 0 amide bonds. The van der Waals surface area contributed by atoms with Crippen molar-refractivity contribution in [2.75, 3.05) is 59.6 Å². The first-order valence-electron chi connectivity index (χ1n) is 9.67. The smallest absolute Gasteiger partial charge is 0.191 e. The number of aliphatic imine (C=N–C) groups is 1. The van der Waals surface area contributed by atoms with E-state index in [1.54, 1.807) is 7.11 Å². The van der Waals surface area contributed by atoms with Gasteiger partial charge in [-0.2, -0.15) is 0 Å². The maximum atomic E-state index is 5.41. The van der Waals surface area contributed by atoms with Gasteiger partial charge in [-0.25, -0.2) is 0 Å². The lowest BCUT2D eigenvalue weighted by atomic mass is 10.1. The van der Waals surface area contributed by atoms with E-state index in [0.717, 1.165) is 70.6 Å². The molecule has 0 bridgehead atoms. The summed E-state index contributed by atoms with van der Waals surface area (Å²) in [6, 6.07) is 8.15. The third kappa shape index (κ3) is 7.22. The number of hydrogen-bond donors (Lipinski definition) is 2. The number of rotatable bonds is 9. The van der Waals surface area contributed by atoms with Crippen LogP contribution in [0.5, 0.6) is 5.75 Å². The van der Waals surface area contributed by atoms with E-state index in [2.05, 4.69) is 35.4 Å². The van der Waals surface area contributed by atoms with Crippen molar-refractivity contribution in [2.45, 2.75) is 20.3 Å². The molecule has 1 fully saturated rings. The fourth-order valence-corrected chi connectivity index (χ4v) is 3.10. The van der Waals surface area contributed by atoms with E-state index in [0.29, 0.717) is 5.92 Å². The van der Waals surface area contributed by atoms with Crippen LogP contribution in [0.25, 0.3) is 0 Å². The lowest BCUT2D eigenvalue weighted by Gasteiger charge is -2.28.